The Kier molecular flexibility index (Phi) is 5.72. The van der Waals surface area contributed by atoms with Gasteiger partial charge in [-0.15, -0.1) is 0 Å². The zero-order chi connectivity index (χ0) is 10.8. The van der Waals surface area contributed by atoms with Crippen molar-refractivity contribution >= 4 is 0 Å². The number of halogens is 1. The van der Waals surface area contributed by atoms with Crippen LogP contribution in [0.2, 0.25) is 0 Å². The van der Waals surface area contributed by atoms with Crippen LogP contribution in [-0.2, 0) is 0 Å². The molecule has 3 nitrogen and oxygen atoms in total. The van der Waals surface area contributed by atoms with Crippen molar-refractivity contribution in [2.75, 3.05) is 14.1 Å². The highest BCUT2D eigenvalue weighted by Crippen LogP contribution is 2.20. The molecular formula is C11H19IN2O. The maximum absolute atomic E-state index is 10.0. The lowest BCUT2D eigenvalue weighted by molar-refractivity contribution is -0.929. The van der Waals surface area contributed by atoms with E-state index in [0.717, 1.165) is 5.56 Å². The van der Waals surface area contributed by atoms with Crippen LogP contribution in [0, 0.1) is 0 Å². The summed E-state index contributed by atoms with van der Waals surface area (Å²) < 4.78 is 0.260. The molecule has 4 heteroatoms. The normalized spacial score (nSPS) is 15.3. The number of nitrogens with zero attached hydrogens (tertiary/aromatic N) is 1. The fraction of sp³-hybridized carbons (Fsp3) is 0.455. The van der Waals surface area contributed by atoms with E-state index >= 15 is 0 Å². The average molecular weight is 322 g/mol. The molecule has 0 heterocycles. The van der Waals surface area contributed by atoms with Crippen LogP contribution in [0.25, 0.3) is 0 Å². The molecule has 0 aromatic heterocycles. The number of aliphatic hydroxyl groups is 1. The summed E-state index contributed by atoms with van der Waals surface area (Å²) in [5.74, 6) is 5.89. The van der Waals surface area contributed by atoms with E-state index in [9.17, 15) is 5.11 Å². The Morgan fingerprint density at radius 3 is 2.07 bits per heavy atom. The Balaban J connectivity index is 0.00000196. The number of rotatable bonds is 3. The number of benzene rings is 1. The summed E-state index contributed by atoms with van der Waals surface area (Å²) in [5, 5.41) is 10.0. The number of quaternary nitrogens is 1. The highest BCUT2D eigenvalue weighted by molar-refractivity contribution is 5.17. The summed E-state index contributed by atoms with van der Waals surface area (Å²) in [7, 11) is 3.74. The standard InChI is InChI=1S/C11H19N2O.HI/c1-9(13(2,3)12)11(14)10-7-5-4-6-8-10;/h4-9,11,14H,12H2,1-3H3;1H/q+1;/p-1. The molecule has 1 rings (SSSR count). The van der Waals surface area contributed by atoms with E-state index in [2.05, 4.69) is 0 Å². The minimum atomic E-state index is -0.517. The minimum Gasteiger partial charge on any atom is -1.00 e. The molecule has 0 spiro atoms. The van der Waals surface area contributed by atoms with Gasteiger partial charge in [-0.2, -0.15) is 5.84 Å². The monoisotopic (exact) mass is 322 g/mol. The highest BCUT2D eigenvalue weighted by atomic mass is 127. The third-order valence-electron chi connectivity index (χ3n) is 2.65. The largest absolute Gasteiger partial charge is 1.00 e. The van der Waals surface area contributed by atoms with Crippen molar-refractivity contribution in [3.05, 3.63) is 35.9 Å². The summed E-state index contributed by atoms with van der Waals surface area (Å²) >= 11 is 0. The predicted molar refractivity (Wildman–Crippen MR) is 57.2 cm³/mol. The van der Waals surface area contributed by atoms with Crippen LogP contribution in [0.4, 0.5) is 0 Å². The molecule has 0 aliphatic rings. The number of hydrogen-bond acceptors (Lipinski definition) is 2. The van der Waals surface area contributed by atoms with Crippen molar-refractivity contribution in [2.24, 2.45) is 5.84 Å². The van der Waals surface area contributed by atoms with Crippen molar-refractivity contribution < 1.29 is 33.7 Å². The van der Waals surface area contributed by atoms with Crippen LogP contribution in [-0.4, -0.2) is 29.8 Å². The van der Waals surface area contributed by atoms with Crippen LogP contribution in [0.5, 0.6) is 0 Å². The first-order valence-electron chi connectivity index (χ1n) is 4.78. The highest BCUT2D eigenvalue weighted by Gasteiger charge is 2.28. The van der Waals surface area contributed by atoms with Gasteiger partial charge in [0.15, 0.2) is 0 Å². The fourth-order valence-corrected chi connectivity index (χ4v) is 1.29. The van der Waals surface area contributed by atoms with E-state index < -0.39 is 6.10 Å². The van der Waals surface area contributed by atoms with Crippen molar-refractivity contribution in [2.45, 2.75) is 19.1 Å². The zero-order valence-electron chi connectivity index (χ0n) is 9.39. The molecule has 86 valence electrons. The molecule has 0 fully saturated rings. The van der Waals surface area contributed by atoms with Crippen LogP contribution < -0.4 is 29.8 Å². The molecule has 0 aliphatic heterocycles. The number of hydrogen-bond donors (Lipinski definition) is 2. The Morgan fingerprint density at radius 1 is 1.20 bits per heavy atom. The Hall–Kier alpha value is -0.170. The molecule has 2 unspecified atom stereocenters. The van der Waals surface area contributed by atoms with Gasteiger partial charge >= 0.3 is 0 Å². The van der Waals surface area contributed by atoms with Gasteiger partial charge in [0.25, 0.3) is 0 Å². The number of aliphatic hydroxyl groups excluding tert-OH is 1. The van der Waals surface area contributed by atoms with Gasteiger partial charge in [-0.05, 0) is 12.5 Å². The summed E-state index contributed by atoms with van der Waals surface area (Å²) in [6.07, 6.45) is -0.517. The molecule has 0 radical (unpaired) electrons. The number of nitrogens with two attached hydrogens (primary N) is 1. The molecular weight excluding hydrogens is 303 g/mol. The molecule has 0 bridgehead atoms. The van der Waals surface area contributed by atoms with Crippen molar-refractivity contribution in [1.29, 1.82) is 0 Å². The average Bonchev–Trinajstić information content (AvgIpc) is 2.15. The smallest absolute Gasteiger partial charge is 0.133 e. The van der Waals surface area contributed by atoms with E-state index in [1.165, 1.54) is 0 Å². The van der Waals surface area contributed by atoms with Crippen LogP contribution in [0.15, 0.2) is 30.3 Å². The van der Waals surface area contributed by atoms with Gasteiger partial charge in [-0.25, -0.2) is 4.59 Å². The molecule has 1 aromatic rings. The Morgan fingerprint density at radius 2 is 1.67 bits per heavy atom. The first kappa shape index (κ1) is 14.8. The maximum Gasteiger partial charge on any atom is 0.133 e. The lowest BCUT2D eigenvalue weighted by Crippen LogP contribution is -3.00. The maximum atomic E-state index is 10.0. The van der Waals surface area contributed by atoms with E-state index in [4.69, 9.17) is 5.84 Å². The van der Waals surface area contributed by atoms with Crippen LogP contribution in [0.3, 0.4) is 0 Å². The molecule has 0 amide bonds. The summed E-state index contributed by atoms with van der Waals surface area (Å²) in [6, 6.07) is 9.57. The topological polar surface area (TPSA) is 46.2 Å². The van der Waals surface area contributed by atoms with Crippen molar-refractivity contribution in [3.8, 4) is 0 Å². The van der Waals surface area contributed by atoms with E-state index in [0.29, 0.717) is 0 Å². The van der Waals surface area contributed by atoms with Gasteiger partial charge in [0.2, 0.25) is 0 Å². The molecule has 15 heavy (non-hydrogen) atoms. The molecule has 3 N–H and O–H groups in total. The summed E-state index contributed by atoms with van der Waals surface area (Å²) in [6.45, 7) is 1.94. The molecule has 0 saturated carbocycles. The van der Waals surface area contributed by atoms with Crippen molar-refractivity contribution in [1.82, 2.24) is 0 Å². The Labute approximate surface area is 108 Å². The van der Waals surface area contributed by atoms with Gasteiger partial charge in [0.1, 0.15) is 12.1 Å². The lowest BCUT2D eigenvalue weighted by Gasteiger charge is -2.33. The van der Waals surface area contributed by atoms with Gasteiger partial charge in [-0.1, -0.05) is 30.3 Å². The van der Waals surface area contributed by atoms with Crippen LogP contribution in [0.1, 0.15) is 18.6 Å². The Bertz CT molecular complexity index is 284. The van der Waals surface area contributed by atoms with E-state index in [-0.39, 0.29) is 34.6 Å². The SMILES string of the molecule is CC(C(O)c1ccccc1)[N+](C)(C)N.[I-]. The third-order valence-corrected chi connectivity index (χ3v) is 2.65. The van der Waals surface area contributed by atoms with Gasteiger partial charge in [0.05, 0.1) is 14.1 Å². The van der Waals surface area contributed by atoms with Gasteiger partial charge < -0.3 is 29.1 Å². The molecule has 0 aliphatic carbocycles. The first-order chi connectivity index (χ1) is 6.43. The molecule has 1 aromatic carbocycles. The quantitative estimate of drug-likeness (QED) is 0.295. The second-order valence-electron chi connectivity index (χ2n) is 4.23. The first-order valence-corrected chi connectivity index (χ1v) is 4.78. The predicted octanol–water partition coefficient (Wildman–Crippen LogP) is -1.94. The number of likely N-dealkylation sites (N-methyl/N-ethyl adjacent to an activating group) is 1. The second kappa shape index (κ2) is 5.79. The zero-order valence-corrected chi connectivity index (χ0v) is 11.5. The van der Waals surface area contributed by atoms with Crippen molar-refractivity contribution in [3.63, 3.8) is 0 Å². The summed E-state index contributed by atoms with van der Waals surface area (Å²) in [4.78, 5) is 0. The molecule has 2 atom stereocenters. The van der Waals surface area contributed by atoms with Crippen LogP contribution >= 0.6 is 0 Å². The lowest BCUT2D eigenvalue weighted by atomic mass is 10.0. The van der Waals surface area contributed by atoms with Gasteiger partial charge in [0, 0.05) is 0 Å². The third kappa shape index (κ3) is 4.06. The minimum absolute atomic E-state index is 0. The second-order valence-corrected chi connectivity index (χ2v) is 4.23. The fourth-order valence-electron chi connectivity index (χ4n) is 1.29. The molecule has 0 saturated heterocycles. The summed E-state index contributed by atoms with van der Waals surface area (Å²) in [5.41, 5.74) is 0.914. The van der Waals surface area contributed by atoms with Gasteiger partial charge in [-0.3, -0.25) is 0 Å². The van der Waals surface area contributed by atoms with E-state index in [1.54, 1.807) is 0 Å². The van der Waals surface area contributed by atoms with E-state index in [1.807, 2.05) is 51.4 Å².